The fourth-order valence-electron chi connectivity index (χ4n) is 2.95. The minimum atomic E-state index is -4.53. The van der Waals surface area contributed by atoms with E-state index >= 15 is 0 Å². The van der Waals surface area contributed by atoms with Gasteiger partial charge in [0.25, 0.3) is 0 Å². The summed E-state index contributed by atoms with van der Waals surface area (Å²) in [6.45, 7) is 3.22. The van der Waals surface area contributed by atoms with Crippen LogP contribution in [-0.4, -0.2) is 23.6 Å². The van der Waals surface area contributed by atoms with Gasteiger partial charge >= 0.3 is 6.18 Å². The Balaban J connectivity index is 2.06. The van der Waals surface area contributed by atoms with Crippen molar-refractivity contribution in [1.29, 1.82) is 0 Å². The number of fused-ring (bicyclic) bond motifs is 1. The minimum absolute atomic E-state index is 0.0242. The van der Waals surface area contributed by atoms with Gasteiger partial charge in [0.1, 0.15) is 6.04 Å². The molecule has 1 fully saturated rings. The summed E-state index contributed by atoms with van der Waals surface area (Å²) in [4.78, 5) is 11.9. The van der Waals surface area contributed by atoms with Gasteiger partial charge in [-0.05, 0) is 36.9 Å². The van der Waals surface area contributed by atoms with Gasteiger partial charge in [0.05, 0.1) is 5.41 Å². The molecule has 1 N–H and O–H groups in total. The number of carbonyl (C=O) groups excluding carboxylic acids is 1. The van der Waals surface area contributed by atoms with Crippen molar-refractivity contribution in [2.75, 3.05) is 6.54 Å². The van der Waals surface area contributed by atoms with Crippen molar-refractivity contribution in [3.63, 3.8) is 0 Å². The first kappa shape index (κ1) is 17.0. The lowest BCUT2D eigenvalue weighted by Gasteiger charge is -2.30. The molecule has 1 amide bonds. The van der Waals surface area contributed by atoms with Crippen LogP contribution in [0.5, 0.6) is 0 Å². The first-order valence-corrected chi connectivity index (χ1v) is 7.80. The average molecular weight is 357 g/mol. The fourth-order valence-corrected chi connectivity index (χ4v) is 3.20. The maximum atomic E-state index is 13.7. The van der Waals surface area contributed by atoms with E-state index in [0.717, 1.165) is 5.01 Å². The van der Waals surface area contributed by atoms with Crippen molar-refractivity contribution in [2.24, 2.45) is 5.41 Å². The molecule has 0 aliphatic carbocycles. The molecule has 1 atom stereocenters. The molecular formula is C17H16ClF3N2O. The van der Waals surface area contributed by atoms with Crippen LogP contribution in [0.25, 0.3) is 10.8 Å². The summed E-state index contributed by atoms with van der Waals surface area (Å²) in [5, 5.41) is 2.76. The summed E-state index contributed by atoms with van der Waals surface area (Å²) < 4.78 is 41.1. The number of halogens is 4. The Morgan fingerprint density at radius 3 is 2.54 bits per heavy atom. The predicted molar refractivity (Wildman–Crippen MR) is 86.4 cm³/mol. The van der Waals surface area contributed by atoms with E-state index in [1.165, 1.54) is 12.1 Å². The van der Waals surface area contributed by atoms with Crippen LogP contribution in [0.2, 0.25) is 5.02 Å². The van der Waals surface area contributed by atoms with Crippen molar-refractivity contribution in [2.45, 2.75) is 26.1 Å². The number of hydrogen-bond acceptors (Lipinski definition) is 2. The topological polar surface area (TPSA) is 32.3 Å². The third kappa shape index (κ3) is 2.96. The number of hydrogen-bond donors (Lipinski definition) is 1. The smallest absolute Gasteiger partial charge is 0.287 e. The highest BCUT2D eigenvalue weighted by atomic mass is 35.5. The number of hydrazine groups is 1. The van der Waals surface area contributed by atoms with Crippen LogP contribution in [0.1, 0.15) is 25.5 Å². The molecule has 0 radical (unpaired) electrons. The number of rotatable bonds is 2. The summed E-state index contributed by atoms with van der Waals surface area (Å²) >= 11 is 6.07. The number of amides is 1. The molecule has 0 aromatic heterocycles. The van der Waals surface area contributed by atoms with E-state index in [1.807, 2.05) is 0 Å². The second-order valence-electron chi connectivity index (χ2n) is 6.62. The molecule has 3 rings (SSSR count). The van der Waals surface area contributed by atoms with E-state index in [0.29, 0.717) is 15.8 Å². The Labute approximate surface area is 142 Å². The van der Waals surface area contributed by atoms with Gasteiger partial charge in [-0.3, -0.25) is 10.2 Å². The number of carbonyl (C=O) groups is 1. The second-order valence-corrected chi connectivity index (χ2v) is 7.02. The van der Waals surface area contributed by atoms with Crippen LogP contribution < -0.4 is 5.43 Å². The van der Waals surface area contributed by atoms with E-state index in [1.54, 1.807) is 38.1 Å². The van der Waals surface area contributed by atoms with Crippen LogP contribution in [0, 0.1) is 5.41 Å². The zero-order valence-corrected chi connectivity index (χ0v) is 13.9. The highest BCUT2D eigenvalue weighted by Gasteiger charge is 2.51. The predicted octanol–water partition coefficient (Wildman–Crippen LogP) is 4.47. The SMILES string of the molecule is CC1(C)CN([C@@H](c2ccc3c(Cl)cccc3c2)C(F)(F)F)NC1=O. The average Bonchev–Trinajstić information content (AvgIpc) is 2.71. The van der Waals surface area contributed by atoms with Gasteiger partial charge in [0.2, 0.25) is 5.91 Å². The Bertz CT molecular complexity index is 804. The lowest BCUT2D eigenvalue weighted by molar-refractivity contribution is -0.191. The van der Waals surface area contributed by atoms with Crippen molar-refractivity contribution in [1.82, 2.24) is 10.4 Å². The molecule has 128 valence electrons. The molecule has 2 aromatic carbocycles. The molecular weight excluding hydrogens is 341 g/mol. The van der Waals surface area contributed by atoms with Gasteiger partial charge < -0.3 is 0 Å². The zero-order chi connectivity index (χ0) is 17.7. The summed E-state index contributed by atoms with van der Waals surface area (Å²) in [5.41, 5.74) is 1.55. The quantitative estimate of drug-likeness (QED) is 0.861. The maximum Gasteiger partial charge on any atom is 0.409 e. The van der Waals surface area contributed by atoms with E-state index in [-0.39, 0.29) is 12.1 Å². The molecule has 24 heavy (non-hydrogen) atoms. The van der Waals surface area contributed by atoms with Crippen LogP contribution in [-0.2, 0) is 4.79 Å². The van der Waals surface area contributed by atoms with Gasteiger partial charge in [-0.2, -0.15) is 13.2 Å². The molecule has 1 heterocycles. The van der Waals surface area contributed by atoms with E-state index in [4.69, 9.17) is 11.6 Å². The van der Waals surface area contributed by atoms with Crippen molar-refractivity contribution < 1.29 is 18.0 Å². The van der Waals surface area contributed by atoms with Gasteiger partial charge in [-0.25, -0.2) is 5.01 Å². The van der Waals surface area contributed by atoms with E-state index < -0.39 is 23.5 Å². The third-order valence-electron chi connectivity index (χ3n) is 4.21. The highest BCUT2D eigenvalue weighted by molar-refractivity contribution is 6.35. The second kappa shape index (κ2) is 5.63. The maximum absolute atomic E-state index is 13.7. The van der Waals surface area contributed by atoms with Crippen LogP contribution >= 0.6 is 11.6 Å². The highest BCUT2D eigenvalue weighted by Crippen LogP contribution is 2.41. The molecule has 0 unspecified atom stereocenters. The zero-order valence-electron chi connectivity index (χ0n) is 13.1. The third-order valence-corrected chi connectivity index (χ3v) is 4.54. The molecule has 3 nitrogen and oxygen atoms in total. The first-order chi connectivity index (χ1) is 11.1. The van der Waals surface area contributed by atoms with Gasteiger partial charge in [-0.15, -0.1) is 0 Å². The Kier molecular flexibility index (Phi) is 4.00. The number of benzene rings is 2. The van der Waals surface area contributed by atoms with Crippen LogP contribution in [0.4, 0.5) is 13.2 Å². The normalized spacial score (nSPS) is 19.5. The molecule has 1 aliphatic heterocycles. The number of nitrogens with zero attached hydrogens (tertiary/aromatic N) is 1. The van der Waals surface area contributed by atoms with E-state index in [2.05, 4.69) is 5.43 Å². The van der Waals surface area contributed by atoms with Crippen molar-refractivity contribution >= 4 is 28.3 Å². The molecule has 1 aliphatic rings. The van der Waals surface area contributed by atoms with Gasteiger partial charge in [-0.1, -0.05) is 35.9 Å². The standard InChI is InChI=1S/C17H16ClF3N2O/c1-16(2)9-23(22-15(16)24)14(17(19,20)21)11-6-7-12-10(8-11)4-3-5-13(12)18/h3-8,14H,9H2,1-2H3,(H,22,24)/t14-/m0/s1. The fraction of sp³-hybridized carbons (Fsp3) is 0.353. The summed E-state index contributed by atoms with van der Waals surface area (Å²) in [7, 11) is 0. The molecule has 0 bridgehead atoms. The lowest BCUT2D eigenvalue weighted by atomic mass is 9.93. The summed E-state index contributed by atoms with van der Waals surface area (Å²) in [6.07, 6.45) is -4.53. The molecule has 0 spiro atoms. The molecule has 1 saturated heterocycles. The number of alkyl halides is 3. The molecule has 0 saturated carbocycles. The van der Waals surface area contributed by atoms with Gasteiger partial charge in [0.15, 0.2) is 0 Å². The summed E-state index contributed by atoms with van der Waals surface area (Å²) in [5.74, 6) is -0.416. The molecule has 7 heteroatoms. The van der Waals surface area contributed by atoms with Crippen molar-refractivity contribution in [3.05, 3.63) is 47.0 Å². The Morgan fingerprint density at radius 2 is 1.96 bits per heavy atom. The first-order valence-electron chi connectivity index (χ1n) is 7.42. The van der Waals surface area contributed by atoms with Crippen LogP contribution in [0.3, 0.4) is 0 Å². The Morgan fingerprint density at radius 1 is 1.25 bits per heavy atom. The summed E-state index contributed by atoms with van der Waals surface area (Å²) in [6, 6.07) is 7.64. The van der Waals surface area contributed by atoms with Gasteiger partial charge in [0, 0.05) is 17.0 Å². The molecule has 2 aromatic rings. The number of nitrogens with one attached hydrogen (secondary N) is 1. The van der Waals surface area contributed by atoms with E-state index in [9.17, 15) is 18.0 Å². The minimum Gasteiger partial charge on any atom is -0.287 e. The van der Waals surface area contributed by atoms with Crippen LogP contribution in [0.15, 0.2) is 36.4 Å². The largest absolute Gasteiger partial charge is 0.409 e. The Hall–Kier alpha value is -1.79. The van der Waals surface area contributed by atoms with Crippen molar-refractivity contribution in [3.8, 4) is 0 Å². The lowest BCUT2D eigenvalue weighted by Crippen LogP contribution is -2.43. The monoisotopic (exact) mass is 356 g/mol.